The minimum Gasteiger partial charge on any atom is -0.455 e. The SMILES string of the molecule is c1ccc(-c2cccc3c2oc2c3ccc3ccc4ccccc4c32)nc1. The molecular weight excluding hydrogens is 330 g/mol. The molecule has 4 aromatic carbocycles. The topological polar surface area (TPSA) is 26.0 Å². The summed E-state index contributed by atoms with van der Waals surface area (Å²) >= 11 is 0. The molecule has 0 bridgehead atoms. The Morgan fingerprint density at radius 1 is 0.556 bits per heavy atom. The number of aromatic nitrogens is 1. The third-order valence-corrected chi connectivity index (χ3v) is 5.31. The summed E-state index contributed by atoms with van der Waals surface area (Å²) in [5.41, 5.74) is 3.79. The quantitative estimate of drug-likeness (QED) is 0.301. The molecule has 2 heterocycles. The zero-order valence-corrected chi connectivity index (χ0v) is 14.5. The van der Waals surface area contributed by atoms with Crippen molar-refractivity contribution in [3.05, 3.63) is 91.1 Å². The first kappa shape index (κ1) is 14.5. The Labute approximate surface area is 155 Å². The molecule has 6 rings (SSSR count). The molecule has 0 unspecified atom stereocenters. The summed E-state index contributed by atoms with van der Waals surface area (Å²) in [5, 5.41) is 7.09. The minimum absolute atomic E-state index is 0.895. The van der Waals surface area contributed by atoms with E-state index in [0.717, 1.165) is 33.2 Å². The zero-order chi connectivity index (χ0) is 17.8. The highest BCUT2D eigenvalue weighted by Crippen LogP contribution is 2.40. The largest absolute Gasteiger partial charge is 0.455 e. The maximum atomic E-state index is 6.52. The second kappa shape index (κ2) is 5.42. The highest BCUT2D eigenvalue weighted by atomic mass is 16.3. The van der Waals surface area contributed by atoms with Gasteiger partial charge in [0.2, 0.25) is 0 Å². The van der Waals surface area contributed by atoms with Crippen LogP contribution in [0, 0.1) is 0 Å². The third-order valence-electron chi connectivity index (χ3n) is 5.31. The molecule has 0 aliphatic carbocycles. The molecule has 0 radical (unpaired) electrons. The predicted octanol–water partition coefficient (Wildman–Crippen LogP) is 6.95. The number of pyridine rings is 1. The number of nitrogens with zero attached hydrogens (tertiary/aromatic N) is 1. The second-order valence-corrected chi connectivity index (χ2v) is 6.83. The molecule has 0 atom stereocenters. The van der Waals surface area contributed by atoms with Crippen LogP contribution >= 0.6 is 0 Å². The highest BCUT2D eigenvalue weighted by Gasteiger charge is 2.15. The van der Waals surface area contributed by atoms with Crippen molar-refractivity contribution in [1.82, 2.24) is 4.98 Å². The molecule has 0 spiro atoms. The van der Waals surface area contributed by atoms with Gasteiger partial charge in [0.15, 0.2) is 0 Å². The monoisotopic (exact) mass is 345 g/mol. The van der Waals surface area contributed by atoms with Gasteiger partial charge < -0.3 is 4.42 Å². The van der Waals surface area contributed by atoms with E-state index in [1.165, 1.54) is 21.5 Å². The summed E-state index contributed by atoms with van der Waals surface area (Å²) in [6.07, 6.45) is 1.82. The van der Waals surface area contributed by atoms with Crippen molar-refractivity contribution in [2.24, 2.45) is 0 Å². The van der Waals surface area contributed by atoms with Crippen LogP contribution in [0.15, 0.2) is 95.5 Å². The van der Waals surface area contributed by atoms with Crippen LogP contribution in [-0.2, 0) is 0 Å². The van der Waals surface area contributed by atoms with Crippen molar-refractivity contribution in [1.29, 1.82) is 0 Å². The van der Waals surface area contributed by atoms with E-state index in [4.69, 9.17) is 4.42 Å². The smallest absolute Gasteiger partial charge is 0.144 e. The van der Waals surface area contributed by atoms with Crippen molar-refractivity contribution < 1.29 is 4.42 Å². The summed E-state index contributed by atoms with van der Waals surface area (Å²) in [4.78, 5) is 4.52. The number of hydrogen-bond acceptors (Lipinski definition) is 2. The Kier molecular flexibility index (Phi) is 2.91. The molecule has 2 heteroatoms. The van der Waals surface area contributed by atoms with Gasteiger partial charge in [0.25, 0.3) is 0 Å². The molecule has 0 aliphatic rings. The maximum absolute atomic E-state index is 6.52. The maximum Gasteiger partial charge on any atom is 0.144 e. The van der Waals surface area contributed by atoms with Crippen LogP contribution in [0.25, 0.3) is 54.7 Å². The molecule has 2 nitrogen and oxygen atoms in total. The number of hydrogen-bond donors (Lipinski definition) is 0. The van der Waals surface area contributed by atoms with Crippen molar-refractivity contribution >= 4 is 43.5 Å². The van der Waals surface area contributed by atoms with Gasteiger partial charge in [-0.2, -0.15) is 0 Å². The normalized spacial score (nSPS) is 11.7. The van der Waals surface area contributed by atoms with Crippen molar-refractivity contribution in [2.75, 3.05) is 0 Å². The average molecular weight is 345 g/mol. The van der Waals surface area contributed by atoms with Gasteiger partial charge in [-0.1, -0.05) is 60.7 Å². The Bertz CT molecular complexity index is 1460. The third kappa shape index (κ3) is 2.04. The fraction of sp³-hybridized carbons (Fsp3) is 0. The molecule has 0 saturated carbocycles. The summed E-state index contributed by atoms with van der Waals surface area (Å²) < 4.78 is 6.52. The van der Waals surface area contributed by atoms with Crippen molar-refractivity contribution in [2.45, 2.75) is 0 Å². The van der Waals surface area contributed by atoms with Crippen LogP contribution in [-0.4, -0.2) is 4.98 Å². The number of furan rings is 1. The summed E-state index contributed by atoms with van der Waals surface area (Å²) in [5.74, 6) is 0. The predicted molar refractivity (Wildman–Crippen MR) is 112 cm³/mol. The first-order chi connectivity index (χ1) is 13.4. The molecule has 27 heavy (non-hydrogen) atoms. The van der Waals surface area contributed by atoms with Gasteiger partial charge in [0, 0.05) is 27.9 Å². The molecule has 0 saturated heterocycles. The van der Waals surface area contributed by atoms with Gasteiger partial charge in [-0.05, 0) is 40.4 Å². The standard InChI is InChI=1S/C25H15NO/c1-2-7-18-16(6-1)11-12-17-13-14-20-19-8-5-9-21(22-10-3-4-15-26-22)24(19)27-25(20)23(17)18/h1-15H. The zero-order valence-electron chi connectivity index (χ0n) is 14.5. The van der Waals surface area contributed by atoms with Gasteiger partial charge >= 0.3 is 0 Å². The Morgan fingerprint density at radius 3 is 2.26 bits per heavy atom. The highest BCUT2D eigenvalue weighted by molar-refractivity contribution is 6.23. The van der Waals surface area contributed by atoms with Crippen LogP contribution in [0.2, 0.25) is 0 Å². The minimum atomic E-state index is 0.895. The lowest BCUT2D eigenvalue weighted by Crippen LogP contribution is -1.81. The second-order valence-electron chi connectivity index (χ2n) is 6.83. The molecule has 0 amide bonds. The molecular formula is C25H15NO. The van der Waals surface area contributed by atoms with E-state index in [1.54, 1.807) is 0 Å². The molecule has 2 aromatic heterocycles. The van der Waals surface area contributed by atoms with Crippen LogP contribution in [0.3, 0.4) is 0 Å². The van der Waals surface area contributed by atoms with Gasteiger partial charge in [0.05, 0.1) is 5.69 Å². The van der Waals surface area contributed by atoms with Crippen LogP contribution in [0.5, 0.6) is 0 Å². The number of benzene rings is 4. The fourth-order valence-electron chi connectivity index (χ4n) is 4.07. The lowest BCUT2D eigenvalue weighted by atomic mass is 9.99. The Balaban J connectivity index is 1.82. The average Bonchev–Trinajstić information content (AvgIpc) is 3.13. The van der Waals surface area contributed by atoms with E-state index < -0.39 is 0 Å². The number of fused-ring (bicyclic) bond motifs is 7. The lowest BCUT2D eigenvalue weighted by Gasteiger charge is -2.04. The van der Waals surface area contributed by atoms with E-state index in [-0.39, 0.29) is 0 Å². The van der Waals surface area contributed by atoms with E-state index in [2.05, 4.69) is 71.7 Å². The summed E-state index contributed by atoms with van der Waals surface area (Å²) in [7, 11) is 0. The lowest BCUT2D eigenvalue weighted by molar-refractivity contribution is 0.674. The van der Waals surface area contributed by atoms with E-state index in [1.807, 2.05) is 24.4 Å². The number of para-hydroxylation sites is 1. The van der Waals surface area contributed by atoms with E-state index >= 15 is 0 Å². The Morgan fingerprint density at radius 2 is 1.33 bits per heavy atom. The van der Waals surface area contributed by atoms with Gasteiger partial charge in [0.1, 0.15) is 11.2 Å². The first-order valence-electron chi connectivity index (χ1n) is 9.07. The molecule has 0 fully saturated rings. The summed E-state index contributed by atoms with van der Waals surface area (Å²) in [6, 6.07) is 29.4. The molecule has 6 aromatic rings. The van der Waals surface area contributed by atoms with Crippen molar-refractivity contribution in [3.8, 4) is 11.3 Å². The van der Waals surface area contributed by atoms with Gasteiger partial charge in [-0.15, -0.1) is 0 Å². The van der Waals surface area contributed by atoms with Crippen LogP contribution < -0.4 is 0 Å². The number of rotatable bonds is 1. The molecule has 126 valence electrons. The van der Waals surface area contributed by atoms with Crippen LogP contribution in [0.4, 0.5) is 0 Å². The molecule has 0 N–H and O–H groups in total. The summed E-state index contributed by atoms with van der Waals surface area (Å²) in [6.45, 7) is 0. The van der Waals surface area contributed by atoms with E-state index in [0.29, 0.717) is 0 Å². The van der Waals surface area contributed by atoms with Crippen molar-refractivity contribution in [3.63, 3.8) is 0 Å². The first-order valence-corrected chi connectivity index (χ1v) is 9.07. The van der Waals surface area contributed by atoms with E-state index in [9.17, 15) is 0 Å². The fourth-order valence-corrected chi connectivity index (χ4v) is 4.07. The molecule has 0 aliphatic heterocycles. The van der Waals surface area contributed by atoms with Gasteiger partial charge in [-0.3, -0.25) is 4.98 Å². The van der Waals surface area contributed by atoms with Gasteiger partial charge in [-0.25, -0.2) is 0 Å². The van der Waals surface area contributed by atoms with Crippen LogP contribution in [0.1, 0.15) is 0 Å². The Hall–Kier alpha value is -3.65.